The second-order valence-corrected chi connectivity index (χ2v) is 5.65. The molecule has 3 unspecified atom stereocenters. The van der Waals surface area contributed by atoms with E-state index < -0.39 is 12.3 Å². The van der Waals surface area contributed by atoms with Crippen LogP contribution in [0.5, 0.6) is 0 Å². The van der Waals surface area contributed by atoms with Crippen molar-refractivity contribution in [2.24, 2.45) is 5.92 Å². The molecule has 14 heavy (non-hydrogen) atoms. The Kier molecular flexibility index (Phi) is 5.21. The number of rotatable bonds is 4. The summed E-state index contributed by atoms with van der Waals surface area (Å²) in [6.45, 7) is 4.23. The van der Waals surface area contributed by atoms with E-state index in [1.807, 2.05) is 0 Å². The summed E-state index contributed by atoms with van der Waals surface area (Å²) >= 11 is 1.71. The van der Waals surface area contributed by atoms with Crippen molar-refractivity contribution in [2.75, 3.05) is 5.75 Å². The Hall–Kier alpha value is 0.210. The quantitative estimate of drug-likeness (QED) is 0.693. The molecule has 0 heterocycles. The topological polar surface area (TPSA) is 0 Å². The summed E-state index contributed by atoms with van der Waals surface area (Å²) in [5.41, 5.74) is 0. The third kappa shape index (κ3) is 3.41. The molecule has 0 amide bonds. The highest BCUT2D eigenvalue weighted by molar-refractivity contribution is 7.99. The molecule has 3 heteroatoms. The molecule has 0 aromatic heterocycles. The van der Waals surface area contributed by atoms with E-state index in [-0.39, 0.29) is 5.92 Å². The van der Waals surface area contributed by atoms with E-state index in [9.17, 15) is 8.78 Å². The minimum atomic E-state index is -0.907. The van der Waals surface area contributed by atoms with E-state index in [1.54, 1.807) is 11.8 Å². The number of hydrogen-bond donors (Lipinski definition) is 0. The number of alkyl halides is 2. The van der Waals surface area contributed by atoms with Gasteiger partial charge in [-0.25, -0.2) is 8.78 Å². The molecular formula is C11H20F2S. The Balaban J connectivity index is 2.32. The van der Waals surface area contributed by atoms with Crippen molar-refractivity contribution in [3.8, 4) is 0 Å². The Morgan fingerprint density at radius 2 is 1.86 bits per heavy atom. The first-order chi connectivity index (χ1) is 6.65. The van der Waals surface area contributed by atoms with Gasteiger partial charge in [0, 0.05) is 16.9 Å². The number of halogens is 2. The van der Waals surface area contributed by atoms with Gasteiger partial charge in [0.25, 0.3) is 0 Å². The SMILES string of the molecule is CCC(C)SCC1C(F)CCCC1F. The van der Waals surface area contributed by atoms with Crippen LogP contribution in [0.4, 0.5) is 8.78 Å². The minimum absolute atomic E-state index is 0.345. The summed E-state index contributed by atoms with van der Waals surface area (Å²) in [5.74, 6) is 0.305. The zero-order chi connectivity index (χ0) is 10.6. The van der Waals surface area contributed by atoms with E-state index >= 15 is 0 Å². The van der Waals surface area contributed by atoms with Crippen LogP contribution >= 0.6 is 11.8 Å². The van der Waals surface area contributed by atoms with Gasteiger partial charge in [0.05, 0.1) is 0 Å². The fraction of sp³-hybridized carbons (Fsp3) is 1.00. The van der Waals surface area contributed by atoms with E-state index in [4.69, 9.17) is 0 Å². The van der Waals surface area contributed by atoms with Crippen LogP contribution < -0.4 is 0 Å². The van der Waals surface area contributed by atoms with Crippen molar-refractivity contribution in [2.45, 2.75) is 57.1 Å². The Bertz CT molecular complexity index is 153. The van der Waals surface area contributed by atoms with Crippen molar-refractivity contribution in [3.05, 3.63) is 0 Å². The number of thioether (sulfide) groups is 1. The normalized spacial score (nSPS) is 35.6. The lowest BCUT2D eigenvalue weighted by Crippen LogP contribution is -2.33. The first-order valence-corrected chi connectivity index (χ1v) is 6.59. The highest BCUT2D eigenvalue weighted by atomic mass is 32.2. The molecule has 0 nitrogen and oxygen atoms in total. The second kappa shape index (κ2) is 5.94. The van der Waals surface area contributed by atoms with Crippen LogP contribution in [0, 0.1) is 5.92 Å². The van der Waals surface area contributed by atoms with Gasteiger partial charge in [-0.2, -0.15) is 11.8 Å². The lowest BCUT2D eigenvalue weighted by Gasteiger charge is -2.29. The number of hydrogen-bond acceptors (Lipinski definition) is 1. The van der Waals surface area contributed by atoms with E-state index in [1.165, 1.54) is 0 Å². The van der Waals surface area contributed by atoms with Gasteiger partial charge in [-0.1, -0.05) is 13.8 Å². The molecule has 1 saturated carbocycles. The summed E-state index contributed by atoms with van der Waals surface area (Å²) in [7, 11) is 0. The highest BCUT2D eigenvalue weighted by Crippen LogP contribution is 2.33. The Morgan fingerprint density at radius 3 is 2.36 bits per heavy atom. The first kappa shape index (κ1) is 12.3. The van der Waals surface area contributed by atoms with E-state index in [0.29, 0.717) is 30.3 Å². The molecule has 84 valence electrons. The van der Waals surface area contributed by atoms with Crippen LogP contribution in [0.2, 0.25) is 0 Å². The lowest BCUT2D eigenvalue weighted by molar-refractivity contribution is 0.0912. The zero-order valence-electron chi connectivity index (χ0n) is 9.01. The monoisotopic (exact) mass is 222 g/mol. The molecule has 0 radical (unpaired) electrons. The molecule has 0 bridgehead atoms. The zero-order valence-corrected chi connectivity index (χ0v) is 9.83. The minimum Gasteiger partial charge on any atom is -0.247 e. The maximum Gasteiger partial charge on any atom is 0.106 e. The average Bonchev–Trinajstić information content (AvgIpc) is 2.16. The van der Waals surface area contributed by atoms with Crippen molar-refractivity contribution in [3.63, 3.8) is 0 Å². The molecule has 0 aliphatic heterocycles. The van der Waals surface area contributed by atoms with Gasteiger partial charge in [0.2, 0.25) is 0 Å². The van der Waals surface area contributed by atoms with Crippen LogP contribution in [-0.2, 0) is 0 Å². The van der Waals surface area contributed by atoms with Gasteiger partial charge in [-0.15, -0.1) is 0 Å². The smallest absolute Gasteiger partial charge is 0.106 e. The Morgan fingerprint density at radius 1 is 1.29 bits per heavy atom. The average molecular weight is 222 g/mol. The first-order valence-electron chi connectivity index (χ1n) is 5.54. The standard InChI is InChI=1S/C11H20F2S/c1-3-8(2)14-7-9-10(12)5-4-6-11(9)13/h8-11H,3-7H2,1-2H3. The molecule has 0 aromatic carbocycles. The molecular weight excluding hydrogens is 202 g/mol. The van der Waals surface area contributed by atoms with Gasteiger partial charge >= 0.3 is 0 Å². The predicted molar refractivity (Wildman–Crippen MR) is 59.3 cm³/mol. The van der Waals surface area contributed by atoms with Gasteiger partial charge in [-0.3, -0.25) is 0 Å². The molecule has 0 N–H and O–H groups in total. The maximum absolute atomic E-state index is 13.4. The van der Waals surface area contributed by atoms with Crippen LogP contribution in [0.25, 0.3) is 0 Å². The summed E-state index contributed by atoms with van der Waals surface area (Å²) in [6, 6.07) is 0. The molecule has 1 aliphatic carbocycles. The molecule has 1 rings (SSSR count). The van der Waals surface area contributed by atoms with Crippen molar-refractivity contribution < 1.29 is 8.78 Å². The molecule has 0 spiro atoms. The van der Waals surface area contributed by atoms with Crippen molar-refractivity contribution in [1.29, 1.82) is 0 Å². The van der Waals surface area contributed by atoms with Gasteiger partial charge in [0.1, 0.15) is 12.3 Å². The van der Waals surface area contributed by atoms with Crippen LogP contribution in [0.1, 0.15) is 39.5 Å². The van der Waals surface area contributed by atoms with Gasteiger partial charge < -0.3 is 0 Å². The highest BCUT2D eigenvalue weighted by Gasteiger charge is 2.33. The maximum atomic E-state index is 13.4. The molecule has 0 aromatic rings. The summed E-state index contributed by atoms with van der Waals surface area (Å²) in [6.07, 6.45) is 1.10. The molecule has 0 saturated heterocycles. The summed E-state index contributed by atoms with van der Waals surface area (Å²) in [5, 5.41) is 0.524. The van der Waals surface area contributed by atoms with Crippen molar-refractivity contribution in [1.82, 2.24) is 0 Å². The van der Waals surface area contributed by atoms with Crippen LogP contribution in [0.15, 0.2) is 0 Å². The summed E-state index contributed by atoms with van der Waals surface area (Å²) in [4.78, 5) is 0. The predicted octanol–water partition coefficient (Wildman–Crippen LogP) is 3.99. The molecule has 3 atom stereocenters. The van der Waals surface area contributed by atoms with Crippen LogP contribution in [0.3, 0.4) is 0 Å². The lowest BCUT2D eigenvalue weighted by atomic mass is 9.87. The molecule has 1 aliphatic rings. The van der Waals surface area contributed by atoms with Gasteiger partial charge in [0.15, 0.2) is 0 Å². The second-order valence-electron chi connectivity index (χ2n) is 4.18. The van der Waals surface area contributed by atoms with E-state index in [0.717, 1.165) is 6.42 Å². The Labute approximate surface area is 89.8 Å². The van der Waals surface area contributed by atoms with Crippen molar-refractivity contribution >= 4 is 11.8 Å². The third-order valence-corrected chi connectivity index (χ3v) is 4.52. The summed E-state index contributed by atoms with van der Waals surface area (Å²) < 4.78 is 26.8. The van der Waals surface area contributed by atoms with Gasteiger partial charge in [-0.05, 0) is 25.7 Å². The van der Waals surface area contributed by atoms with E-state index in [2.05, 4.69) is 13.8 Å². The fourth-order valence-corrected chi connectivity index (χ4v) is 2.97. The van der Waals surface area contributed by atoms with Crippen LogP contribution in [-0.4, -0.2) is 23.3 Å². The third-order valence-electron chi connectivity index (χ3n) is 3.04. The fourth-order valence-electron chi connectivity index (χ4n) is 1.76. The largest absolute Gasteiger partial charge is 0.247 e. The molecule has 1 fully saturated rings.